The lowest BCUT2D eigenvalue weighted by Gasteiger charge is -2.36. The zero-order valence-electron chi connectivity index (χ0n) is 13.8. The molecule has 1 aliphatic carbocycles. The van der Waals surface area contributed by atoms with E-state index in [4.69, 9.17) is 4.74 Å². The molecule has 2 unspecified atom stereocenters. The molecule has 2 atom stereocenters. The molecule has 1 saturated carbocycles. The van der Waals surface area contributed by atoms with Crippen LogP contribution >= 0.6 is 0 Å². The summed E-state index contributed by atoms with van der Waals surface area (Å²) >= 11 is 0. The van der Waals surface area contributed by atoms with Crippen molar-refractivity contribution >= 4 is 5.91 Å². The summed E-state index contributed by atoms with van der Waals surface area (Å²) < 4.78 is 5.77. The molecule has 2 saturated heterocycles. The molecule has 2 aliphatic heterocycles. The summed E-state index contributed by atoms with van der Waals surface area (Å²) in [6, 6.07) is 8.71. The van der Waals surface area contributed by atoms with Crippen LogP contribution in [0.5, 0.6) is 5.75 Å². The fourth-order valence-electron chi connectivity index (χ4n) is 4.12. The third-order valence-electron chi connectivity index (χ3n) is 5.44. The zero-order chi connectivity index (χ0) is 15.8. The average Bonchev–Trinajstić information content (AvgIpc) is 3.31. The maximum Gasteiger partial charge on any atom is 0.261 e. The van der Waals surface area contributed by atoms with Gasteiger partial charge in [0, 0.05) is 12.1 Å². The highest BCUT2D eigenvalue weighted by atomic mass is 16.5. The Morgan fingerprint density at radius 2 is 1.87 bits per heavy atom. The van der Waals surface area contributed by atoms with Crippen LogP contribution in [0, 0.1) is 12.8 Å². The highest BCUT2D eigenvalue weighted by Crippen LogP contribution is 2.41. The van der Waals surface area contributed by atoms with Crippen LogP contribution in [0.25, 0.3) is 0 Å². The van der Waals surface area contributed by atoms with Crippen molar-refractivity contribution in [1.82, 2.24) is 4.90 Å². The molecule has 0 aromatic heterocycles. The summed E-state index contributed by atoms with van der Waals surface area (Å²) in [5, 5.41) is 0. The van der Waals surface area contributed by atoms with Gasteiger partial charge in [0.05, 0.1) is 0 Å². The summed E-state index contributed by atoms with van der Waals surface area (Å²) in [5.74, 6) is 1.82. The Morgan fingerprint density at radius 3 is 2.52 bits per heavy atom. The van der Waals surface area contributed by atoms with Gasteiger partial charge in [0.2, 0.25) is 0 Å². The first-order valence-corrected chi connectivity index (χ1v) is 8.90. The number of ether oxygens (including phenoxy) is 1. The van der Waals surface area contributed by atoms with Gasteiger partial charge in [0.15, 0.2) is 6.61 Å². The van der Waals surface area contributed by atoms with Crippen molar-refractivity contribution in [2.75, 3.05) is 6.61 Å². The maximum atomic E-state index is 12.7. The molecule has 1 aromatic carbocycles. The number of carbonyl (C=O) groups is 1. The summed E-state index contributed by atoms with van der Waals surface area (Å²) in [7, 11) is 0. The minimum absolute atomic E-state index is 0.159. The van der Waals surface area contributed by atoms with Crippen molar-refractivity contribution in [1.29, 1.82) is 0 Å². The Hall–Kier alpha value is -1.77. The van der Waals surface area contributed by atoms with Crippen LogP contribution in [0.2, 0.25) is 0 Å². The topological polar surface area (TPSA) is 29.5 Å². The quantitative estimate of drug-likeness (QED) is 0.790. The number of amides is 1. The van der Waals surface area contributed by atoms with Gasteiger partial charge in [-0.1, -0.05) is 29.8 Å². The van der Waals surface area contributed by atoms with Gasteiger partial charge in [-0.15, -0.1) is 0 Å². The van der Waals surface area contributed by atoms with Crippen molar-refractivity contribution in [2.45, 2.75) is 57.5 Å². The van der Waals surface area contributed by atoms with E-state index in [2.05, 4.69) is 11.0 Å². The number of piperidine rings is 1. The first kappa shape index (κ1) is 14.8. The summed E-state index contributed by atoms with van der Waals surface area (Å²) in [6.45, 7) is 2.18. The van der Waals surface area contributed by atoms with Gasteiger partial charge in [-0.25, -0.2) is 0 Å². The van der Waals surface area contributed by atoms with Gasteiger partial charge in [-0.3, -0.25) is 4.79 Å². The lowest BCUT2D eigenvalue weighted by molar-refractivity contribution is -0.137. The number of nitrogens with zero attached hydrogens (tertiary/aromatic N) is 1. The smallest absolute Gasteiger partial charge is 0.261 e. The molecule has 3 aliphatic rings. The number of hydrogen-bond donors (Lipinski definition) is 0. The standard InChI is InChI=1S/C20H25NO2/c1-14-4-2-3-5-19(14)23-13-20(22)21-17-8-9-18(21)12-16(11-17)10-15-6-7-15/h2-5,10,15,17-18H,6-9,11-13H2,1H3. The van der Waals surface area contributed by atoms with E-state index < -0.39 is 0 Å². The second-order valence-corrected chi connectivity index (χ2v) is 7.31. The molecule has 0 spiro atoms. The zero-order valence-corrected chi connectivity index (χ0v) is 13.8. The van der Waals surface area contributed by atoms with Crippen LogP contribution < -0.4 is 4.74 Å². The van der Waals surface area contributed by atoms with E-state index in [-0.39, 0.29) is 12.5 Å². The molecule has 23 heavy (non-hydrogen) atoms. The third-order valence-corrected chi connectivity index (χ3v) is 5.44. The normalized spacial score (nSPS) is 26.3. The van der Waals surface area contributed by atoms with Crippen molar-refractivity contribution in [3.05, 3.63) is 41.5 Å². The van der Waals surface area contributed by atoms with E-state index in [1.54, 1.807) is 5.57 Å². The molecule has 2 heterocycles. The van der Waals surface area contributed by atoms with Crippen molar-refractivity contribution in [3.63, 3.8) is 0 Å². The summed E-state index contributed by atoms with van der Waals surface area (Å²) in [6.07, 6.45) is 9.71. The minimum atomic E-state index is 0.159. The SMILES string of the molecule is Cc1ccccc1OCC(=O)N1C2CCC1CC(=CC1CC1)C2. The number of benzene rings is 1. The molecule has 0 radical (unpaired) electrons. The molecule has 2 bridgehead atoms. The number of hydrogen-bond acceptors (Lipinski definition) is 2. The van der Waals surface area contributed by atoms with Crippen LogP contribution in [0.1, 0.15) is 44.1 Å². The molecule has 1 amide bonds. The Bertz CT molecular complexity index is 616. The molecule has 3 nitrogen and oxygen atoms in total. The van der Waals surface area contributed by atoms with Crippen molar-refractivity contribution < 1.29 is 9.53 Å². The molecule has 4 rings (SSSR count). The molecule has 3 fully saturated rings. The van der Waals surface area contributed by atoms with Crippen LogP contribution in [-0.2, 0) is 4.79 Å². The highest BCUT2D eigenvalue weighted by molar-refractivity contribution is 5.79. The van der Waals surface area contributed by atoms with Crippen molar-refractivity contribution in [3.8, 4) is 5.75 Å². The van der Waals surface area contributed by atoms with Gasteiger partial charge in [0.25, 0.3) is 5.91 Å². The van der Waals surface area contributed by atoms with E-state index in [0.29, 0.717) is 12.1 Å². The lowest BCUT2D eigenvalue weighted by atomic mass is 9.95. The van der Waals surface area contributed by atoms with Gasteiger partial charge < -0.3 is 9.64 Å². The third kappa shape index (κ3) is 3.15. The van der Waals surface area contributed by atoms with Crippen molar-refractivity contribution in [2.24, 2.45) is 5.92 Å². The minimum Gasteiger partial charge on any atom is -0.484 e. The number of fused-ring (bicyclic) bond motifs is 2. The van der Waals surface area contributed by atoms with E-state index >= 15 is 0 Å². The lowest BCUT2D eigenvalue weighted by Crippen LogP contribution is -2.46. The van der Waals surface area contributed by atoms with Gasteiger partial charge in [0.1, 0.15) is 5.75 Å². The predicted molar refractivity (Wildman–Crippen MR) is 90.4 cm³/mol. The molecule has 122 valence electrons. The fourth-order valence-corrected chi connectivity index (χ4v) is 4.12. The summed E-state index contributed by atoms with van der Waals surface area (Å²) in [4.78, 5) is 14.8. The van der Waals surface area contributed by atoms with E-state index in [1.165, 1.54) is 12.8 Å². The highest BCUT2D eigenvalue weighted by Gasteiger charge is 2.41. The monoisotopic (exact) mass is 311 g/mol. The molecule has 1 aromatic rings. The molecule has 3 heteroatoms. The maximum absolute atomic E-state index is 12.7. The van der Waals surface area contributed by atoms with Gasteiger partial charge in [-0.2, -0.15) is 0 Å². The van der Waals surface area contributed by atoms with Crippen LogP contribution in [0.3, 0.4) is 0 Å². The Labute approximate surface area is 138 Å². The number of allylic oxidation sites excluding steroid dienone is 1. The average molecular weight is 311 g/mol. The second-order valence-electron chi connectivity index (χ2n) is 7.31. The van der Waals surface area contributed by atoms with Crippen LogP contribution in [-0.4, -0.2) is 29.5 Å². The number of carbonyl (C=O) groups excluding carboxylic acids is 1. The molecular weight excluding hydrogens is 286 g/mol. The fraction of sp³-hybridized carbons (Fsp3) is 0.550. The van der Waals surface area contributed by atoms with Gasteiger partial charge in [-0.05, 0) is 63.0 Å². The number of para-hydroxylation sites is 1. The Kier molecular flexibility index (Phi) is 3.88. The first-order valence-electron chi connectivity index (χ1n) is 8.90. The van der Waals surface area contributed by atoms with Gasteiger partial charge >= 0.3 is 0 Å². The second kappa shape index (κ2) is 6.03. The number of aryl methyl sites for hydroxylation is 1. The van der Waals surface area contributed by atoms with Crippen LogP contribution in [0.4, 0.5) is 0 Å². The Morgan fingerprint density at radius 1 is 1.17 bits per heavy atom. The number of rotatable bonds is 4. The Balaban J connectivity index is 1.38. The van der Waals surface area contributed by atoms with Crippen LogP contribution in [0.15, 0.2) is 35.9 Å². The molecular formula is C20H25NO2. The van der Waals surface area contributed by atoms with E-state index in [9.17, 15) is 4.79 Å². The summed E-state index contributed by atoms with van der Waals surface area (Å²) in [5.41, 5.74) is 2.68. The van der Waals surface area contributed by atoms with E-state index in [0.717, 1.165) is 42.9 Å². The molecule has 0 N–H and O–H groups in total. The largest absolute Gasteiger partial charge is 0.484 e. The first-order chi connectivity index (χ1) is 11.2. The predicted octanol–water partition coefficient (Wildman–Crippen LogP) is 3.86. The van der Waals surface area contributed by atoms with E-state index in [1.807, 2.05) is 31.2 Å².